The topological polar surface area (TPSA) is 52.6 Å². The van der Waals surface area contributed by atoms with Crippen LogP contribution in [0.15, 0.2) is 0 Å². The predicted molar refractivity (Wildman–Crippen MR) is 51.0 cm³/mol. The van der Waals surface area contributed by atoms with E-state index in [-0.39, 0.29) is 6.16 Å². The standard InChI is InChI=1S/C8H17O4P/c1-3-6-11-13(10,8-5-9)12-7-4-2/h5H,3-4,6-8H2,1-2H3. The molecule has 0 spiro atoms. The number of aldehydes is 1. The number of carbonyl (C=O) groups excluding carboxylic acids is 1. The van der Waals surface area contributed by atoms with E-state index >= 15 is 0 Å². The maximum Gasteiger partial charge on any atom is 0.337 e. The summed E-state index contributed by atoms with van der Waals surface area (Å²) in [6.07, 6.45) is 1.95. The maximum absolute atomic E-state index is 11.7. The van der Waals surface area contributed by atoms with E-state index in [4.69, 9.17) is 9.05 Å². The molecule has 0 saturated heterocycles. The number of rotatable bonds is 8. The van der Waals surface area contributed by atoms with Gasteiger partial charge >= 0.3 is 7.60 Å². The Morgan fingerprint density at radius 3 is 1.92 bits per heavy atom. The van der Waals surface area contributed by atoms with Crippen molar-refractivity contribution in [2.75, 3.05) is 19.4 Å². The van der Waals surface area contributed by atoms with Crippen molar-refractivity contribution in [2.45, 2.75) is 26.7 Å². The molecule has 5 heteroatoms. The van der Waals surface area contributed by atoms with Crippen LogP contribution in [0.5, 0.6) is 0 Å². The molecule has 0 aromatic heterocycles. The Hall–Kier alpha value is -0.180. The van der Waals surface area contributed by atoms with Crippen LogP contribution in [0, 0.1) is 0 Å². The van der Waals surface area contributed by atoms with Crippen molar-refractivity contribution in [3.05, 3.63) is 0 Å². The van der Waals surface area contributed by atoms with Gasteiger partial charge in [-0.25, -0.2) is 0 Å². The van der Waals surface area contributed by atoms with Crippen LogP contribution >= 0.6 is 7.60 Å². The molecule has 0 aliphatic heterocycles. The Bertz CT molecular complexity index is 169. The Morgan fingerprint density at radius 1 is 1.15 bits per heavy atom. The van der Waals surface area contributed by atoms with Gasteiger partial charge in [0.05, 0.1) is 13.2 Å². The highest BCUT2D eigenvalue weighted by molar-refractivity contribution is 7.54. The lowest BCUT2D eigenvalue weighted by molar-refractivity contribution is -0.106. The molecule has 0 radical (unpaired) electrons. The lowest BCUT2D eigenvalue weighted by Crippen LogP contribution is -2.02. The third kappa shape index (κ3) is 5.97. The molecule has 0 bridgehead atoms. The zero-order valence-electron chi connectivity index (χ0n) is 8.19. The molecular weight excluding hydrogens is 191 g/mol. The molecule has 4 nitrogen and oxygen atoms in total. The molecule has 0 aromatic rings. The van der Waals surface area contributed by atoms with Gasteiger partial charge in [0.25, 0.3) is 0 Å². The van der Waals surface area contributed by atoms with Crippen LogP contribution in [0.25, 0.3) is 0 Å². The van der Waals surface area contributed by atoms with Crippen molar-refractivity contribution in [2.24, 2.45) is 0 Å². The quantitative estimate of drug-likeness (QED) is 0.453. The van der Waals surface area contributed by atoms with Crippen molar-refractivity contribution in [3.63, 3.8) is 0 Å². The second kappa shape index (κ2) is 7.25. The van der Waals surface area contributed by atoms with Crippen LogP contribution in [0.1, 0.15) is 26.7 Å². The number of carbonyl (C=O) groups is 1. The fourth-order valence-electron chi connectivity index (χ4n) is 0.695. The molecule has 0 N–H and O–H groups in total. The van der Waals surface area contributed by atoms with Crippen molar-refractivity contribution in [3.8, 4) is 0 Å². The number of hydrogen-bond donors (Lipinski definition) is 0. The monoisotopic (exact) mass is 208 g/mol. The predicted octanol–water partition coefficient (Wildman–Crippen LogP) is 2.23. The second-order valence-electron chi connectivity index (χ2n) is 2.63. The third-order valence-corrected chi connectivity index (χ3v) is 3.03. The molecule has 0 fully saturated rings. The summed E-state index contributed by atoms with van der Waals surface area (Å²) in [4.78, 5) is 10.2. The van der Waals surface area contributed by atoms with Crippen LogP contribution in [0.2, 0.25) is 0 Å². The van der Waals surface area contributed by atoms with Gasteiger partial charge < -0.3 is 13.8 Å². The van der Waals surface area contributed by atoms with E-state index in [1.54, 1.807) is 0 Å². The molecule has 0 unspecified atom stereocenters. The van der Waals surface area contributed by atoms with E-state index in [2.05, 4.69) is 0 Å². The first-order valence-corrected chi connectivity index (χ1v) is 6.23. The van der Waals surface area contributed by atoms with E-state index < -0.39 is 7.60 Å². The molecular formula is C8H17O4P. The van der Waals surface area contributed by atoms with Gasteiger partial charge in [0.15, 0.2) is 0 Å². The highest BCUT2D eigenvalue weighted by atomic mass is 31.2. The van der Waals surface area contributed by atoms with Gasteiger partial charge in [0, 0.05) is 0 Å². The Kier molecular flexibility index (Phi) is 7.14. The van der Waals surface area contributed by atoms with E-state index in [0.29, 0.717) is 19.5 Å². The fraction of sp³-hybridized carbons (Fsp3) is 0.875. The van der Waals surface area contributed by atoms with Crippen molar-refractivity contribution >= 4 is 13.9 Å². The van der Waals surface area contributed by atoms with Crippen molar-refractivity contribution in [1.82, 2.24) is 0 Å². The second-order valence-corrected chi connectivity index (χ2v) is 4.73. The zero-order chi connectivity index (χ0) is 10.2. The molecule has 0 saturated carbocycles. The minimum atomic E-state index is -3.12. The first-order chi connectivity index (χ1) is 6.18. The van der Waals surface area contributed by atoms with E-state index in [1.165, 1.54) is 0 Å². The molecule has 0 atom stereocenters. The maximum atomic E-state index is 11.7. The highest BCUT2D eigenvalue weighted by Crippen LogP contribution is 2.47. The normalized spacial score (nSPS) is 11.5. The molecule has 0 aliphatic rings. The fourth-order valence-corrected chi connectivity index (χ4v) is 2.08. The SMILES string of the molecule is CCCOP(=O)(CC=O)OCCC. The zero-order valence-corrected chi connectivity index (χ0v) is 9.09. The van der Waals surface area contributed by atoms with Gasteiger partial charge in [0.1, 0.15) is 12.4 Å². The summed E-state index contributed by atoms with van der Waals surface area (Å²) in [7, 11) is -3.12. The molecule has 78 valence electrons. The number of hydrogen-bond acceptors (Lipinski definition) is 4. The molecule has 0 amide bonds. The van der Waals surface area contributed by atoms with Gasteiger partial charge in [-0.15, -0.1) is 0 Å². The van der Waals surface area contributed by atoms with Crippen LogP contribution in [0.4, 0.5) is 0 Å². The summed E-state index contributed by atoms with van der Waals surface area (Å²) in [5.41, 5.74) is 0. The lowest BCUT2D eigenvalue weighted by Gasteiger charge is -2.15. The minimum absolute atomic E-state index is 0.146. The molecule has 0 aromatic carbocycles. The Morgan fingerprint density at radius 2 is 1.62 bits per heavy atom. The first-order valence-electron chi connectivity index (χ1n) is 4.50. The van der Waals surface area contributed by atoms with E-state index in [1.807, 2.05) is 13.8 Å². The van der Waals surface area contributed by atoms with Crippen molar-refractivity contribution in [1.29, 1.82) is 0 Å². The summed E-state index contributed by atoms with van der Waals surface area (Å²) in [6, 6.07) is 0. The summed E-state index contributed by atoms with van der Waals surface area (Å²) >= 11 is 0. The van der Waals surface area contributed by atoms with Crippen LogP contribution < -0.4 is 0 Å². The van der Waals surface area contributed by atoms with Crippen LogP contribution in [-0.4, -0.2) is 25.7 Å². The highest BCUT2D eigenvalue weighted by Gasteiger charge is 2.22. The average Bonchev–Trinajstić information content (AvgIpc) is 2.12. The Balaban J connectivity index is 3.99. The minimum Gasteiger partial charge on any atom is -0.308 e. The van der Waals surface area contributed by atoms with E-state index in [0.717, 1.165) is 12.8 Å². The van der Waals surface area contributed by atoms with Gasteiger partial charge in [-0.05, 0) is 12.8 Å². The van der Waals surface area contributed by atoms with Gasteiger partial charge in [-0.1, -0.05) is 13.8 Å². The van der Waals surface area contributed by atoms with E-state index in [9.17, 15) is 9.36 Å². The lowest BCUT2D eigenvalue weighted by atomic mass is 10.5. The molecule has 0 rings (SSSR count). The van der Waals surface area contributed by atoms with Crippen LogP contribution in [0.3, 0.4) is 0 Å². The molecule has 13 heavy (non-hydrogen) atoms. The summed E-state index contributed by atoms with van der Waals surface area (Å²) in [6.45, 7) is 4.56. The third-order valence-electron chi connectivity index (χ3n) is 1.28. The van der Waals surface area contributed by atoms with Gasteiger partial charge in [-0.3, -0.25) is 4.57 Å². The Labute approximate surface area is 79.1 Å². The van der Waals surface area contributed by atoms with Crippen molar-refractivity contribution < 1.29 is 18.4 Å². The van der Waals surface area contributed by atoms with Gasteiger partial charge in [0.2, 0.25) is 0 Å². The largest absolute Gasteiger partial charge is 0.337 e. The molecule has 0 heterocycles. The summed E-state index contributed by atoms with van der Waals surface area (Å²) in [5.74, 6) is 0. The molecule has 0 aliphatic carbocycles. The first kappa shape index (κ1) is 12.8. The van der Waals surface area contributed by atoms with Gasteiger partial charge in [-0.2, -0.15) is 0 Å². The van der Waals surface area contributed by atoms with Crippen LogP contribution in [-0.2, 0) is 18.4 Å². The average molecular weight is 208 g/mol. The summed E-state index contributed by atoms with van der Waals surface area (Å²) in [5, 5.41) is 0. The summed E-state index contributed by atoms with van der Waals surface area (Å²) < 4.78 is 21.7. The smallest absolute Gasteiger partial charge is 0.308 e.